The van der Waals surface area contributed by atoms with Gasteiger partial charge in [-0.25, -0.2) is 9.07 Å². The molecule has 0 radical (unpaired) electrons. The Bertz CT molecular complexity index is 1260. The third-order valence-electron chi connectivity index (χ3n) is 4.70. The number of carbonyl (C=O) groups is 1. The van der Waals surface area contributed by atoms with Crippen molar-refractivity contribution in [2.45, 2.75) is 23.3 Å². The molecule has 0 fully saturated rings. The van der Waals surface area contributed by atoms with E-state index in [4.69, 9.17) is 23.2 Å². The second-order valence-corrected chi connectivity index (χ2v) is 8.95. The van der Waals surface area contributed by atoms with E-state index in [9.17, 15) is 9.18 Å². The lowest BCUT2D eigenvalue weighted by Gasteiger charge is -2.12. The first-order valence-electron chi connectivity index (χ1n) is 9.72. The van der Waals surface area contributed by atoms with E-state index in [2.05, 4.69) is 10.4 Å². The summed E-state index contributed by atoms with van der Waals surface area (Å²) in [5, 5.41) is 8.08. The smallest absolute Gasteiger partial charge is 0.260 e. The highest BCUT2D eigenvalue weighted by Gasteiger charge is 2.21. The Morgan fingerprint density at radius 2 is 1.78 bits per heavy atom. The van der Waals surface area contributed by atoms with Gasteiger partial charge in [0.15, 0.2) is 0 Å². The number of benzene rings is 3. The lowest BCUT2D eigenvalue weighted by Crippen LogP contribution is -2.14. The molecule has 4 aromatic rings. The summed E-state index contributed by atoms with van der Waals surface area (Å²) in [6.45, 7) is 2.20. The van der Waals surface area contributed by atoms with Crippen molar-refractivity contribution in [1.82, 2.24) is 9.78 Å². The summed E-state index contributed by atoms with van der Waals surface area (Å²) in [6, 6.07) is 21.1. The third kappa shape index (κ3) is 5.15. The molecule has 0 bridgehead atoms. The molecule has 1 heterocycles. The topological polar surface area (TPSA) is 46.9 Å². The number of hydrogen-bond donors (Lipinski definition) is 1. The number of amides is 1. The number of halogens is 3. The monoisotopic (exact) mass is 485 g/mol. The van der Waals surface area contributed by atoms with Crippen LogP contribution in [-0.4, -0.2) is 15.7 Å². The number of carbonyl (C=O) groups excluding carboxylic acids is 1. The van der Waals surface area contributed by atoms with E-state index in [1.807, 2.05) is 30.3 Å². The Balaban J connectivity index is 1.59. The predicted octanol–water partition coefficient (Wildman–Crippen LogP) is 7.09. The van der Waals surface area contributed by atoms with Crippen molar-refractivity contribution >= 4 is 46.6 Å². The minimum absolute atomic E-state index is 0.263. The summed E-state index contributed by atoms with van der Waals surface area (Å²) in [6.07, 6.45) is 0. The molecule has 162 valence electrons. The van der Waals surface area contributed by atoms with Gasteiger partial charge in [0.2, 0.25) is 0 Å². The van der Waals surface area contributed by atoms with Crippen molar-refractivity contribution in [2.24, 2.45) is 0 Å². The number of nitrogens with zero attached hydrogens (tertiary/aromatic N) is 2. The molecule has 1 N–H and O–H groups in total. The van der Waals surface area contributed by atoms with Crippen molar-refractivity contribution in [3.8, 4) is 0 Å². The molecule has 0 unspecified atom stereocenters. The van der Waals surface area contributed by atoms with Crippen LogP contribution in [0.1, 0.15) is 21.6 Å². The molecule has 3 aromatic carbocycles. The summed E-state index contributed by atoms with van der Waals surface area (Å²) < 4.78 is 14.8. The maximum atomic E-state index is 13.2. The van der Waals surface area contributed by atoms with E-state index >= 15 is 0 Å². The number of aryl methyl sites for hydroxylation is 1. The fourth-order valence-corrected chi connectivity index (χ4v) is 4.55. The number of nitrogens with one attached hydrogen (secondary N) is 1. The van der Waals surface area contributed by atoms with Crippen molar-refractivity contribution in [1.29, 1.82) is 0 Å². The molecule has 0 aliphatic heterocycles. The van der Waals surface area contributed by atoms with E-state index in [1.165, 1.54) is 23.9 Å². The molecule has 8 heteroatoms. The highest BCUT2D eigenvalue weighted by molar-refractivity contribution is 7.99. The number of anilines is 1. The summed E-state index contributed by atoms with van der Waals surface area (Å²) in [5.41, 5.74) is 2.39. The van der Waals surface area contributed by atoms with Gasteiger partial charge in [-0.2, -0.15) is 5.10 Å². The van der Waals surface area contributed by atoms with Crippen LogP contribution in [0.4, 0.5) is 10.1 Å². The van der Waals surface area contributed by atoms with Gasteiger partial charge in [0.05, 0.1) is 23.5 Å². The maximum Gasteiger partial charge on any atom is 0.260 e. The van der Waals surface area contributed by atoms with Crippen molar-refractivity contribution in [2.75, 3.05) is 5.32 Å². The zero-order chi connectivity index (χ0) is 22.7. The molecule has 0 saturated carbocycles. The summed E-state index contributed by atoms with van der Waals surface area (Å²) >= 11 is 14.1. The first kappa shape index (κ1) is 22.4. The van der Waals surface area contributed by atoms with Gasteiger partial charge in [0.1, 0.15) is 11.0 Å². The first-order chi connectivity index (χ1) is 15.4. The van der Waals surface area contributed by atoms with E-state index in [1.54, 1.807) is 41.9 Å². The van der Waals surface area contributed by atoms with Crippen LogP contribution in [-0.2, 0) is 6.54 Å². The Morgan fingerprint density at radius 3 is 2.50 bits per heavy atom. The van der Waals surface area contributed by atoms with Gasteiger partial charge in [0.25, 0.3) is 5.91 Å². The van der Waals surface area contributed by atoms with Crippen LogP contribution in [0.25, 0.3) is 0 Å². The molecular formula is C24H18Cl2FN3OS. The molecule has 0 aliphatic rings. The van der Waals surface area contributed by atoms with Crippen LogP contribution in [0.15, 0.2) is 82.6 Å². The molecule has 1 amide bonds. The minimum Gasteiger partial charge on any atom is -0.321 e. The predicted molar refractivity (Wildman–Crippen MR) is 127 cm³/mol. The Labute approximate surface area is 199 Å². The van der Waals surface area contributed by atoms with Gasteiger partial charge in [-0.15, -0.1) is 0 Å². The first-order valence-corrected chi connectivity index (χ1v) is 11.3. The highest BCUT2D eigenvalue weighted by Crippen LogP contribution is 2.36. The molecule has 0 saturated heterocycles. The summed E-state index contributed by atoms with van der Waals surface area (Å²) in [7, 11) is 0. The summed E-state index contributed by atoms with van der Waals surface area (Å²) in [4.78, 5) is 14.7. The van der Waals surface area contributed by atoms with E-state index in [0.29, 0.717) is 28.5 Å². The molecule has 4 rings (SSSR count). The van der Waals surface area contributed by atoms with E-state index in [-0.39, 0.29) is 16.9 Å². The van der Waals surface area contributed by atoms with Crippen LogP contribution in [0, 0.1) is 12.7 Å². The van der Waals surface area contributed by atoms with Crippen LogP contribution >= 0.6 is 35.0 Å². The van der Waals surface area contributed by atoms with E-state index in [0.717, 1.165) is 15.4 Å². The van der Waals surface area contributed by atoms with Crippen molar-refractivity contribution in [3.05, 3.63) is 106 Å². The molecule has 32 heavy (non-hydrogen) atoms. The second kappa shape index (κ2) is 9.77. The maximum absolute atomic E-state index is 13.2. The lowest BCUT2D eigenvalue weighted by molar-refractivity contribution is 0.102. The van der Waals surface area contributed by atoms with Crippen LogP contribution < -0.4 is 5.32 Å². The Hall–Kier alpha value is -2.80. The van der Waals surface area contributed by atoms with Crippen LogP contribution in [0.3, 0.4) is 0 Å². The quantitative estimate of drug-likeness (QED) is 0.317. The zero-order valence-corrected chi connectivity index (χ0v) is 19.3. The molecule has 0 atom stereocenters. The van der Waals surface area contributed by atoms with Crippen LogP contribution in [0.2, 0.25) is 10.2 Å². The van der Waals surface area contributed by atoms with Gasteiger partial charge in [-0.1, -0.05) is 65.3 Å². The van der Waals surface area contributed by atoms with Gasteiger partial charge in [-0.3, -0.25) is 4.79 Å². The third-order valence-corrected chi connectivity index (χ3v) is 6.40. The zero-order valence-electron chi connectivity index (χ0n) is 17.0. The molecular weight excluding hydrogens is 468 g/mol. The number of rotatable bonds is 6. The fraction of sp³-hybridized carbons (Fsp3) is 0.0833. The second-order valence-electron chi connectivity index (χ2n) is 7.05. The number of aromatic nitrogens is 2. The van der Waals surface area contributed by atoms with Gasteiger partial charge < -0.3 is 5.32 Å². The average molecular weight is 486 g/mol. The standard InChI is InChI=1S/C24H18Cl2FN3OS/c1-15-22(23(26)30(29-15)14-16-5-3-2-4-6-16)24(31)28-20-13-17(25)7-12-21(20)32-19-10-8-18(27)9-11-19/h2-13H,14H2,1H3,(H,28,31). The molecule has 4 nitrogen and oxygen atoms in total. The molecule has 0 spiro atoms. The molecule has 1 aromatic heterocycles. The SMILES string of the molecule is Cc1nn(Cc2ccccc2)c(Cl)c1C(=O)Nc1cc(Cl)ccc1Sc1ccc(F)cc1. The van der Waals surface area contributed by atoms with Crippen molar-refractivity contribution in [3.63, 3.8) is 0 Å². The van der Waals surface area contributed by atoms with Crippen molar-refractivity contribution < 1.29 is 9.18 Å². The van der Waals surface area contributed by atoms with Crippen LogP contribution in [0.5, 0.6) is 0 Å². The largest absolute Gasteiger partial charge is 0.321 e. The normalized spacial score (nSPS) is 10.9. The Morgan fingerprint density at radius 1 is 1.06 bits per heavy atom. The van der Waals surface area contributed by atoms with Gasteiger partial charge in [-0.05, 0) is 55.0 Å². The summed E-state index contributed by atoms with van der Waals surface area (Å²) in [5.74, 6) is -0.688. The van der Waals surface area contributed by atoms with Gasteiger partial charge in [0, 0.05) is 14.8 Å². The highest BCUT2D eigenvalue weighted by atomic mass is 35.5. The van der Waals surface area contributed by atoms with Gasteiger partial charge >= 0.3 is 0 Å². The Kier molecular flexibility index (Phi) is 6.84. The fourth-order valence-electron chi connectivity index (χ4n) is 3.18. The molecule has 0 aliphatic carbocycles. The number of hydrogen-bond acceptors (Lipinski definition) is 3. The minimum atomic E-state index is -0.380. The lowest BCUT2D eigenvalue weighted by atomic mass is 10.2. The average Bonchev–Trinajstić information content (AvgIpc) is 3.05. The van der Waals surface area contributed by atoms with E-state index < -0.39 is 0 Å².